The molecule has 0 fully saturated rings. The Morgan fingerprint density at radius 1 is 1.19 bits per heavy atom. The van der Waals surface area contributed by atoms with Gasteiger partial charge in [-0.15, -0.1) is 0 Å². The number of hydrogen-bond acceptors (Lipinski definition) is 3. The van der Waals surface area contributed by atoms with E-state index in [2.05, 4.69) is 12.1 Å². The number of benzene rings is 2. The molecule has 2 aromatic carbocycles. The second-order valence-electron chi connectivity index (χ2n) is 5.53. The Kier molecular flexibility index (Phi) is 3.91. The Morgan fingerprint density at radius 3 is 2.86 bits per heavy atom. The third-order valence-corrected chi connectivity index (χ3v) is 3.98. The Morgan fingerprint density at radius 2 is 2.05 bits per heavy atom. The van der Waals surface area contributed by atoms with Gasteiger partial charge in [0, 0.05) is 18.0 Å². The predicted molar refractivity (Wildman–Crippen MR) is 83.0 cm³/mol. The number of rotatable bonds is 5. The van der Waals surface area contributed by atoms with Gasteiger partial charge in [-0.25, -0.2) is 0 Å². The normalized spacial score (nSPS) is 15.9. The molecule has 1 aliphatic carbocycles. The molecule has 0 bridgehead atoms. The monoisotopic (exact) mass is 281 g/mol. The molecule has 0 saturated carbocycles. The molecule has 0 saturated heterocycles. The first-order valence-electron chi connectivity index (χ1n) is 7.30. The van der Waals surface area contributed by atoms with Gasteiger partial charge in [0.25, 0.3) is 0 Å². The number of anilines is 1. The molecule has 0 aliphatic heterocycles. The summed E-state index contributed by atoms with van der Waals surface area (Å²) in [5.74, 6) is 0.235. The van der Waals surface area contributed by atoms with Crippen LogP contribution in [0, 0.1) is 0 Å². The highest BCUT2D eigenvalue weighted by molar-refractivity contribution is 5.70. The molecule has 1 atom stereocenters. The summed E-state index contributed by atoms with van der Waals surface area (Å²) < 4.78 is 5.38. The molecule has 3 rings (SSSR count). The van der Waals surface area contributed by atoms with Crippen molar-refractivity contribution in [2.45, 2.75) is 25.2 Å². The van der Waals surface area contributed by atoms with Crippen LogP contribution in [0.15, 0.2) is 48.5 Å². The van der Waals surface area contributed by atoms with Gasteiger partial charge < -0.3 is 10.5 Å². The number of carbonyl (C=O) groups excluding carboxylic acids is 1. The van der Waals surface area contributed by atoms with E-state index in [-0.39, 0.29) is 5.97 Å². The largest absolute Gasteiger partial charge is 0.465 e. The maximum Gasteiger partial charge on any atom is 0.306 e. The van der Waals surface area contributed by atoms with Gasteiger partial charge in [0.1, 0.15) is 0 Å². The van der Waals surface area contributed by atoms with Gasteiger partial charge in [-0.2, -0.15) is 0 Å². The number of fused-ring (bicyclic) bond motifs is 1. The smallest absolute Gasteiger partial charge is 0.306 e. The summed E-state index contributed by atoms with van der Waals surface area (Å²) in [4.78, 5) is 11.8. The Balaban J connectivity index is 1.44. The average Bonchev–Trinajstić information content (AvgIpc) is 2.46. The van der Waals surface area contributed by atoms with Crippen LogP contribution in [0.2, 0.25) is 0 Å². The van der Waals surface area contributed by atoms with E-state index in [0.717, 1.165) is 17.7 Å². The number of esters is 1. The van der Waals surface area contributed by atoms with E-state index in [1.54, 1.807) is 0 Å². The van der Waals surface area contributed by atoms with Crippen molar-refractivity contribution >= 4 is 11.7 Å². The molecule has 1 aliphatic rings. The lowest BCUT2D eigenvalue weighted by Gasteiger charge is -2.29. The number of nitrogen functional groups attached to an aromatic ring is 1. The van der Waals surface area contributed by atoms with Gasteiger partial charge >= 0.3 is 5.97 Å². The minimum Gasteiger partial charge on any atom is -0.465 e. The van der Waals surface area contributed by atoms with Gasteiger partial charge in [-0.1, -0.05) is 36.4 Å². The molecule has 3 nitrogen and oxygen atoms in total. The lowest BCUT2D eigenvalue weighted by molar-refractivity contribution is -0.144. The van der Waals surface area contributed by atoms with Crippen molar-refractivity contribution in [1.29, 1.82) is 0 Å². The topological polar surface area (TPSA) is 52.3 Å². The van der Waals surface area contributed by atoms with Crippen LogP contribution in [0.5, 0.6) is 0 Å². The van der Waals surface area contributed by atoms with Crippen LogP contribution in [0.1, 0.15) is 29.0 Å². The Bertz CT molecular complexity index is 651. The van der Waals surface area contributed by atoms with Crippen LogP contribution in [-0.4, -0.2) is 12.6 Å². The maximum atomic E-state index is 11.8. The van der Waals surface area contributed by atoms with Crippen molar-refractivity contribution in [2.75, 3.05) is 12.3 Å². The van der Waals surface area contributed by atoms with Crippen LogP contribution in [0.25, 0.3) is 0 Å². The summed E-state index contributed by atoms with van der Waals surface area (Å²) in [7, 11) is 0. The van der Waals surface area contributed by atoms with Gasteiger partial charge in [-0.3, -0.25) is 4.79 Å². The van der Waals surface area contributed by atoms with Crippen LogP contribution in [-0.2, 0) is 22.4 Å². The van der Waals surface area contributed by atoms with Crippen LogP contribution >= 0.6 is 0 Å². The molecule has 3 heteroatoms. The third kappa shape index (κ3) is 3.24. The van der Waals surface area contributed by atoms with E-state index in [9.17, 15) is 4.79 Å². The molecule has 0 amide bonds. The summed E-state index contributed by atoms with van der Waals surface area (Å²) in [6.45, 7) is 0.493. The van der Waals surface area contributed by atoms with Gasteiger partial charge in [0.2, 0.25) is 0 Å². The number of nitrogens with two attached hydrogens (primary N) is 1. The number of ether oxygens (including phenoxy) is 1. The van der Waals surface area contributed by atoms with E-state index < -0.39 is 0 Å². The number of aryl methyl sites for hydroxylation is 1. The van der Waals surface area contributed by atoms with E-state index in [1.165, 1.54) is 11.1 Å². The zero-order valence-electron chi connectivity index (χ0n) is 11.9. The summed E-state index contributed by atoms with van der Waals surface area (Å²) in [6.07, 6.45) is 2.08. The Labute approximate surface area is 124 Å². The third-order valence-electron chi connectivity index (χ3n) is 3.98. The average molecular weight is 281 g/mol. The van der Waals surface area contributed by atoms with Crippen LogP contribution < -0.4 is 5.73 Å². The van der Waals surface area contributed by atoms with Crippen molar-refractivity contribution in [3.8, 4) is 0 Å². The second-order valence-corrected chi connectivity index (χ2v) is 5.53. The lowest BCUT2D eigenvalue weighted by Crippen LogP contribution is -2.23. The highest BCUT2D eigenvalue weighted by Gasteiger charge is 2.26. The molecule has 21 heavy (non-hydrogen) atoms. The standard InChI is InChI=1S/C18H19NO2/c19-16-6-3-4-13(10-16)8-9-18(20)21-12-15-11-14-5-1-2-7-17(14)15/h1-7,10,15H,8-9,11-12,19H2. The lowest BCUT2D eigenvalue weighted by atomic mass is 9.78. The fourth-order valence-corrected chi connectivity index (χ4v) is 2.77. The van der Waals surface area contributed by atoms with E-state index in [4.69, 9.17) is 10.5 Å². The quantitative estimate of drug-likeness (QED) is 0.677. The number of carbonyl (C=O) groups is 1. The van der Waals surface area contributed by atoms with Crippen molar-refractivity contribution in [3.05, 3.63) is 65.2 Å². The van der Waals surface area contributed by atoms with Crippen molar-refractivity contribution in [2.24, 2.45) is 0 Å². The molecule has 0 radical (unpaired) electrons. The first-order chi connectivity index (χ1) is 10.2. The molecule has 0 heterocycles. The van der Waals surface area contributed by atoms with Crippen molar-refractivity contribution in [3.63, 3.8) is 0 Å². The molecule has 108 valence electrons. The summed E-state index contributed by atoms with van der Waals surface area (Å²) in [6, 6.07) is 16.0. The fourth-order valence-electron chi connectivity index (χ4n) is 2.77. The van der Waals surface area contributed by atoms with Gasteiger partial charge in [-0.05, 0) is 41.7 Å². The summed E-state index contributed by atoms with van der Waals surface area (Å²) in [5, 5.41) is 0. The molecular weight excluding hydrogens is 262 g/mol. The van der Waals surface area contributed by atoms with E-state index in [0.29, 0.717) is 25.4 Å². The van der Waals surface area contributed by atoms with Crippen LogP contribution in [0.4, 0.5) is 5.69 Å². The van der Waals surface area contributed by atoms with Crippen molar-refractivity contribution < 1.29 is 9.53 Å². The second kappa shape index (κ2) is 6.00. The number of hydrogen-bond donors (Lipinski definition) is 1. The molecule has 0 spiro atoms. The highest BCUT2D eigenvalue weighted by Crippen LogP contribution is 2.34. The Hall–Kier alpha value is -2.29. The zero-order chi connectivity index (χ0) is 14.7. The first kappa shape index (κ1) is 13.7. The zero-order valence-corrected chi connectivity index (χ0v) is 11.9. The van der Waals surface area contributed by atoms with E-state index in [1.807, 2.05) is 36.4 Å². The summed E-state index contributed by atoms with van der Waals surface area (Å²) in [5.41, 5.74) is 10.2. The summed E-state index contributed by atoms with van der Waals surface area (Å²) >= 11 is 0. The molecule has 2 N–H and O–H groups in total. The first-order valence-corrected chi connectivity index (χ1v) is 7.30. The van der Waals surface area contributed by atoms with Crippen molar-refractivity contribution in [1.82, 2.24) is 0 Å². The predicted octanol–water partition coefficient (Wildman–Crippen LogP) is 3.08. The minimum atomic E-state index is -0.137. The highest BCUT2D eigenvalue weighted by atomic mass is 16.5. The SMILES string of the molecule is Nc1cccc(CCC(=O)OCC2Cc3ccccc32)c1. The molecule has 2 aromatic rings. The fraction of sp³-hybridized carbons (Fsp3) is 0.278. The minimum absolute atomic E-state index is 0.137. The molecule has 0 aromatic heterocycles. The van der Waals surface area contributed by atoms with Crippen LogP contribution in [0.3, 0.4) is 0 Å². The molecule has 1 unspecified atom stereocenters. The van der Waals surface area contributed by atoms with Gasteiger partial charge in [0.15, 0.2) is 0 Å². The molecular formula is C18H19NO2. The van der Waals surface area contributed by atoms with Gasteiger partial charge in [0.05, 0.1) is 6.61 Å². The van der Waals surface area contributed by atoms with E-state index >= 15 is 0 Å². The maximum absolute atomic E-state index is 11.8.